The molecule has 1 aromatic rings. The van der Waals surface area contributed by atoms with Crippen molar-refractivity contribution in [3.8, 4) is 6.07 Å². The van der Waals surface area contributed by atoms with E-state index in [0.717, 1.165) is 12.1 Å². The Labute approximate surface area is 80.4 Å². The van der Waals surface area contributed by atoms with Crippen LogP contribution in [0.5, 0.6) is 0 Å². The summed E-state index contributed by atoms with van der Waals surface area (Å²) in [5.41, 5.74) is 0.181. The van der Waals surface area contributed by atoms with Crippen LogP contribution in [0, 0.1) is 17.1 Å². The summed E-state index contributed by atoms with van der Waals surface area (Å²) in [6, 6.07) is 5.19. The minimum Gasteiger partial charge on any atom is -0.478 e. The molecule has 0 bridgehead atoms. The lowest BCUT2D eigenvalue weighted by Gasteiger charge is -2.06. The first-order valence-electron chi connectivity index (χ1n) is 3.98. The molecule has 1 rings (SSSR count). The molecular weight excluding hydrogens is 185 g/mol. The third kappa shape index (κ3) is 1.88. The molecule has 14 heavy (non-hydrogen) atoms. The van der Waals surface area contributed by atoms with E-state index < -0.39 is 17.7 Å². The van der Waals surface area contributed by atoms with Crippen LogP contribution >= 0.6 is 0 Å². The van der Waals surface area contributed by atoms with Crippen LogP contribution in [-0.4, -0.2) is 11.1 Å². The number of benzene rings is 1. The fourth-order valence-electron chi connectivity index (χ4n) is 1.16. The highest BCUT2D eigenvalue weighted by Crippen LogP contribution is 2.20. The van der Waals surface area contributed by atoms with Gasteiger partial charge in [-0.15, -0.1) is 0 Å². The Morgan fingerprint density at radius 1 is 1.64 bits per heavy atom. The number of rotatable bonds is 2. The molecule has 1 N–H and O–H groups in total. The minimum absolute atomic E-state index is 0.0274. The van der Waals surface area contributed by atoms with E-state index in [0.29, 0.717) is 0 Å². The topological polar surface area (TPSA) is 61.1 Å². The Morgan fingerprint density at radius 2 is 2.29 bits per heavy atom. The van der Waals surface area contributed by atoms with Crippen LogP contribution in [0.4, 0.5) is 4.39 Å². The quantitative estimate of drug-likeness (QED) is 0.782. The third-order valence-electron chi connectivity index (χ3n) is 1.90. The van der Waals surface area contributed by atoms with E-state index in [1.807, 2.05) is 6.07 Å². The van der Waals surface area contributed by atoms with Crippen molar-refractivity contribution < 1.29 is 14.3 Å². The van der Waals surface area contributed by atoms with Gasteiger partial charge in [-0.25, -0.2) is 9.18 Å². The van der Waals surface area contributed by atoms with E-state index in [1.54, 1.807) is 0 Å². The van der Waals surface area contributed by atoms with Gasteiger partial charge in [0.1, 0.15) is 5.82 Å². The van der Waals surface area contributed by atoms with Crippen LogP contribution in [0.3, 0.4) is 0 Å². The van der Waals surface area contributed by atoms with Crippen molar-refractivity contribution >= 4 is 5.97 Å². The lowest BCUT2D eigenvalue weighted by atomic mass is 9.97. The van der Waals surface area contributed by atoms with Gasteiger partial charge in [0.05, 0.1) is 17.6 Å². The number of halogens is 1. The molecule has 0 amide bonds. The van der Waals surface area contributed by atoms with Gasteiger partial charge in [0, 0.05) is 0 Å². The van der Waals surface area contributed by atoms with Crippen LogP contribution in [0.15, 0.2) is 18.2 Å². The summed E-state index contributed by atoms with van der Waals surface area (Å²) in [5, 5.41) is 17.4. The Kier molecular flexibility index (Phi) is 2.82. The van der Waals surface area contributed by atoms with Crippen molar-refractivity contribution in [3.05, 3.63) is 35.1 Å². The van der Waals surface area contributed by atoms with Gasteiger partial charge in [-0.1, -0.05) is 0 Å². The summed E-state index contributed by atoms with van der Waals surface area (Å²) in [4.78, 5) is 10.7. The summed E-state index contributed by atoms with van der Waals surface area (Å²) in [5.74, 6) is -2.31. The number of nitriles is 1. The zero-order valence-corrected chi connectivity index (χ0v) is 7.49. The monoisotopic (exact) mass is 193 g/mol. The van der Waals surface area contributed by atoms with Gasteiger partial charge < -0.3 is 5.11 Å². The number of carboxylic acids is 1. The molecule has 0 heterocycles. The summed E-state index contributed by atoms with van der Waals surface area (Å²) in [7, 11) is 0. The summed E-state index contributed by atoms with van der Waals surface area (Å²) in [6.07, 6.45) is 0. The summed E-state index contributed by atoms with van der Waals surface area (Å²) < 4.78 is 12.8. The van der Waals surface area contributed by atoms with Crippen molar-refractivity contribution in [1.82, 2.24) is 0 Å². The van der Waals surface area contributed by atoms with Crippen LogP contribution in [-0.2, 0) is 0 Å². The van der Waals surface area contributed by atoms with Crippen molar-refractivity contribution in [2.24, 2.45) is 0 Å². The van der Waals surface area contributed by atoms with Gasteiger partial charge >= 0.3 is 5.97 Å². The summed E-state index contributed by atoms with van der Waals surface area (Å²) >= 11 is 0. The van der Waals surface area contributed by atoms with Crippen LogP contribution < -0.4 is 0 Å². The molecule has 1 unspecified atom stereocenters. The van der Waals surface area contributed by atoms with Gasteiger partial charge in [0.2, 0.25) is 0 Å². The number of hydrogen-bond acceptors (Lipinski definition) is 2. The van der Waals surface area contributed by atoms with Crippen molar-refractivity contribution in [1.29, 1.82) is 5.26 Å². The van der Waals surface area contributed by atoms with Crippen LogP contribution in [0.25, 0.3) is 0 Å². The molecule has 0 aliphatic heterocycles. The number of carbonyl (C=O) groups is 1. The number of nitrogens with zero attached hydrogens (tertiary/aromatic N) is 1. The minimum atomic E-state index is -1.15. The molecule has 0 radical (unpaired) electrons. The third-order valence-corrected chi connectivity index (χ3v) is 1.90. The van der Waals surface area contributed by atoms with Gasteiger partial charge in [0.15, 0.2) is 0 Å². The van der Waals surface area contributed by atoms with Crippen molar-refractivity contribution in [2.75, 3.05) is 0 Å². The maximum absolute atomic E-state index is 12.8. The van der Waals surface area contributed by atoms with Crippen molar-refractivity contribution in [3.63, 3.8) is 0 Å². The highest BCUT2D eigenvalue weighted by molar-refractivity contribution is 5.89. The molecule has 0 spiro atoms. The van der Waals surface area contributed by atoms with Crippen LogP contribution in [0.2, 0.25) is 0 Å². The number of hydrogen-bond donors (Lipinski definition) is 1. The molecule has 0 aliphatic rings. The van der Waals surface area contributed by atoms with Gasteiger partial charge in [-0.2, -0.15) is 5.26 Å². The standard InChI is InChI=1S/C10H8FNO2/c1-6(5-12)9-4-7(11)2-3-8(9)10(13)14/h2-4,6H,1H3,(H,13,14). The Balaban J connectivity index is 3.31. The van der Waals surface area contributed by atoms with Crippen molar-refractivity contribution in [2.45, 2.75) is 12.8 Å². The van der Waals surface area contributed by atoms with E-state index in [-0.39, 0.29) is 11.1 Å². The van der Waals surface area contributed by atoms with E-state index in [4.69, 9.17) is 10.4 Å². The first-order valence-corrected chi connectivity index (χ1v) is 3.98. The molecule has 0 fully saturated rings. The Hall–Kier alpha value is -1.89. The first-order chi connectivity index (χ1) is 6.56. The average Bonchev–Trinajstić information content (AvgIpc) is 2.16. The van der Waals surface area contributed by atoms with E-state index in [9.17, 15) is 9.18 Å². The molecule has 0 aliphatic carbocycles. The molecular formula is C10H8FNO2. The SMILES string of the molecule is CC(C#N)c1cc(F)ccc1C(=O)O. The molecule has 1 atom stereocenters. The maximum Gasteiger partial charge on any atom is 0.336 e. The van der Waals surface area contributed by atoms with E-state index in [1.165, 1.54) is 13.0 Å². The lowest BCUT2D eigenvalue weighted by Crippen LogP contribution is -2.04. The number of carboxylic acid groups (broad SMARTS) is 1. The zero-order chi connectivity index (χ0) is 10.7. The maximum atomic E-state index is 12.8. The largest absolute Gasteiger partial charge is 0.478 e. The average molecular weight is 193 g/mol. The second-order valence-electron chi connectivity index (χ2n) is 2.89. The molecule has 72 valence electrons. The first kappa shape index (κ1) is 10.2. The molecule has 3 nitrogen and oxygen atoms in total. The van der Waals surface area contributed by atoms with Gasteiger partial charge in [-0.05, 0) is 30.7 Å². The lowest BCUT2D eigenvalue weighted by molar-refractivity contribution is 0.0695. The zero-order valence-electron chi connectivity index (χ0n) is 7.49. The van der Waals surface area contributed by atoms with Gasteiger partial charge in [-0.3, -0.25) is 0 Å². The molecule has 4 heteroatoms. The molecule has 0 saturated heterocycles. The highest BCUT2D eigenvalue weighted by atomic mass is 19.1. The Morgan fingerprint density at radius 3 is 2.79 bits per heavy atom. The molecule has 0 saturated carbocycles. The molecule has 1 aromatic carbocycles. The predicted octanol–water partition coefficient (Wildman–Crippen LogP) is 2.15. The second-order valence-corrected chi connectivity index (χ2v) is 2.89. The highest BCUT2D eigenvalue weighted by Gasteiger charge is 2.15. The second kappa shape index (κ2) is 3.88. The normalized spacial score (nSPS) is 11.8. The Bertz CT molecular complexity index is 409. The predicted molar refractivity (Wildman–Crippen MR) is 47.4 cm³/mol. The van der Waals surface area contributed by atoms with Gasteiger partial charge in [0.25, 0.3) is 0 Å². The molecule has 0 aromatic heterocycles. The number of aromatic carboxylic acids is 1. The fraction of sp³-hybridized carbons (Fsp3) is 0.200. The smallest absolute Gasteiger partial charge is 0.336 e. The van der Waals surface area contributed by atoms with E-state index in [2.05, 4.69) is 0 Å². The van der Waals surface area contributed by atoms with E-state index >= 15 is 0 Å². The summed E-state index contributed by atoms with van der Waals surface area (Å²) in [6.45, 7) is 1.53. The van der Waals surface area contributed by atoms with Crippen LogP contribution in [0.1, 0.15) is 28.8 Å². The fourth-order valence-corrected chi connectivity index (χ4v) is 1.16.